The topological polar surface area (TPSA) is 72.5 Å². The fourth-order valence-corrected chi connectivity index (χ4v) is 3.56. The van der Waals surface area contributed by atoms with Crippen LogP contribution in [-0.2, 0) is 9.47 Å². The lowest BCUT2D eigenvalue weighted by molar-refractivity contribution is 0.103. The molecular formula is C23H26O7. The predicted octanol–water partition coefficient (Wildman–Crippen LogP) is 3.27. The third-order valence-electron chi connectivity index (χ3n) is 5.21. The third-order valence-corrected chi connectivity index (χ3v) is 5.21. The molecule has 30 heavy (non-hydrogen) atoms. The Labute approximate surface area is 175 Å². The van der Waals surface area contributed by atoms with Crippen LogP contribution >= 0.6 is 0 Å². The Morgan fingerprint density at radius 3 is 1.60 bits per heavy atom. The van der Waals surface area contributed by atoms with E-state index in [0.29, 0.717) is 60.6 Å². The Morgan fingerprint density at radius 2 is 1.23 bits per heavy atom. The Balaban J connectivity index is 1.58. The van der Waals surface area contributed by atoms with Crippen LogP contribution in [0.2, 0.25) is 0 Å². The van der Waals surface area contributed by atoms with Gasteiger partial charge >= 0.3 is 0 Å². The highest BCUT2D eigenvalue weighted by Gasteiger charge is 2.22. The summed E-state index contributed by atoms with van der Waals surface area (Å²) in [4.78, 5) is 13.2. The summed E-state index contributed by atoms with van der Waals surface area (Å²) >= 11 is 0. The molecule has 4 rings (SSSR count). The molecule has 2 unspecified atom stereocenters. The number of carbonyl (C=O) groups is 1. The van der Waals surface area contributed by atoms with Gasteiger partial charge in [0.2, 0.25) is 0 Å². The highest BCUT2D eigenvalue weighted by Crippen LogP contribution is 2.33. The number of ether oxygens (including phenoxy) is 6. The fraction of sp³-hybridized carbons (Fsp3) is 0.435. The van der Waals surface area contributed by atoms with Crippen LogP contribution in [0.25, 0.3) is 0 Å². The van der Waals surface area contributed by atoms with Gasteiger partial charge in [-0.05, 0) is 36.4 Å². The molecule has 2 saturated heterocycles. The van der Waals surface area contributed by atoms with Crippen LogP contribution in [0.3, 0.4) is 0 Å². The first kappa shape index (κ1) is 20.5. The Hall–Kier alpha value is -2.77. The van der Waals surface area contributed by atoms with Gasteiger partial charge in [0.05, 0.1) is 40.6 Å². The summed E-state index contributed by atoms with van der Waals surface area (Å²) in [5.74, 6) is 2.09. The van der Waals surface area contributed by atoms with Crippen LogP contribution in [-0.4, -0.2) is 58.6 Å². The molecule has 0 saturated carbocycles. The van der Waals surface area contributed by atoms with Crippen LogP contribution in [0.15, 0.2) is 36.4 Å². The zero-order valence-corrected chi connectivity index (χ0v) is 17.2. The first-order valence-electron chi connectivity index (χ1n) is 10.1. The number of benzene rings is 2. The van der Waals surface area contributed by atoms with E-state index in [4.69, 9.17) is 28.4 Å². The molecular weight excluding hydrogens is 388 g/mol. The van der Waals surface area contributed by atoms with E-state index in [2.05, 4.69) is 0 Å². The number of hydrogen-bond acceptors (Lipinski definition) is 7. The van der Waals surface area contributed by atoms with Gasteiger partial charge in [-0.15, -0.1) is 0 Å². The SMILES string of the molecule is COc1ccc(C(=O)c2ccc(OC)c(OC3CCOC3)c2)cc1OC1CCOC1. The maximum absolute atomic E-state index is 13.2. The normalized spacial score (nSPS) is 20.7. The standard InChI is InChI=1S/C23H26O7/c1-25-19-5-3-15(11-21(19)29-17-7-9-27-13-17)23(24)16-4-6-20(26-2)22(12-16)30-18-8-10-28-14-18/h3-6,11-12,17-18H,7-10,13-14H2,1-2H3. The number of rotatable bonds is 8. The maximum Gasteiger partial charge on any atom is 0.193 e. The van der Waals surface area contributed by atoms with E-state index in [1.165, 1.54) is 0 Å². The van der Waals surface area contributed by atoms with Gasteiger partial charge in [0.1, 0.15) is 12.2 Å². The monoisotopic (exact) mass is 414 g/mol. The van der Waals surface area contributed by atoms with E-state index >= 15 is 0 Å². The average molecular weight is 414 g/mol. The van der Waals surface area contributed by atoms with Crippen molar-refractivity contribution in [2.45, 2.75) is 25.0 Å². The van der Waals surface area contributed by atoms with Crippen LogP contribution in [0.1, 0.15) is 28.8 Å². The van der Waals surface area contributed by atoms with Crippen molar-refractivity contribution in [3.8, 4) is 23.0 Å². The fourth-order valence-electron chi connectivity index (χ4n) is 3.56. The second kappa shape index (κ2) is 9.36. The van der Waals surface area contributed by atoms with Crippen molar-refractivity contribution in [1.29, 1.82) is 0 Å². The van der Waals surface area contributed by atoms with Gasteiger partial charge in [-0.3, -0.25) is 4.79 Å². The minimum Gasteiger partial charge on any atom is -0.493 e. The van der Waals surface area contributed by atoms with Gasteiger partial charge in [-0.25, -0.2) is 0 Å². The van der Waals surface area contributed by atoms with Crippen molar-refractivity contribution in [3.63, 3.8) is 0 Å². The summed E-state index contributed by atoms with van der Waals surface area (Å²) in [6.07, 6.45) is 1.54. The van der Waals surface area contributed by atoms with Gasteiger partial charge in [0, 0.05) is 24.0 Å². The number of ketones is 1. The summed E-state index contributed by atoms with van der Waals surface area (Å²) in [6.45, 7) is 2.41. The van der Waals surface area contributed by atoms with E-state index in [1.807, 2.05) is 0 Å². The van der Waals surface area contributed by atoms with Crippen LogP contribution in [0.5, 0.6) is 23.0 Å². The number of carbonyl (C=O) groups excluding carboxylic acids is 1. The molecule has 0 spiro atoms. The Bertz CT molecular complexity index is 812. The molecule has 0 radical (unpaired) electrons. The molecule has 2 aromatic carbocycles. The summed E-state index contributed by atoms with van der Waals surface area (Å²) < 4.78 is 33.6. The van der Waals surface area contributed by atoms with Crippen LogP contribution < -0.4 is 18.9 Å². The molecule has 2 atom stereocenters. The summed E-state index contributed by atoms with van der Waals surface area (Å²) in [5.41, 5.74) is 1.01. The minimum atomic E-state index is -0.139. The van der Waals surface area contributed by atoms with Crippen molar-refractivity contribution in [3.05, 3.63) is 47.5 Å². The smallest absolute Gasteiger partial charge is 0.193 e. The predicted molar refractivity (Wildman–Crippen MR) is 109 cm³/mol. The summed E-state index contributed by atoms with van der Waals surface area (Å²) in [5, 5.41) is 0. The molecule has 2 aromatic rings. The summed E-state index contributed by atoms with van der Waals surface area (Å²) in [7, 11) is 3.16. The van der Waals surface area contributed by atoms with E-state index in [1.54, 1.807) is 50.6 Å². The van der Waals surface area contributed by atoms with Gasteiger partial charge in [0.15, 0.2) is 28.8 Å². The zero-order chi connectivity index (χ0) is 20.9. The molecule has 160 valence electrons. The van der Waals surface area contributed by atoms with E-state index < -0.39 is 0 Å². The second-order valence-electron chi connectivity index (χ2n) is 7.27. The van der Waals surface area contributed by atoms with Crippen molar-refractivity contribution in [2.75, 3.05) is 40.6 Å². The zero-order valence-electron chi connectivity index (χ0n) is 17.2. The van der Waals surface area contributed by atoms with Gasteiger partial charge in [-0.2, -0.15) is 0 Å². The molecule has 0 bridgehead atoms. The number of methoxy groups -OCH3 is 2. The third kappa shape index (κ3) is 4.52. The minimum absolute atomic E-state index is 0.0427. The highest BCUT2D eigenvalue weighted by atomic mass is 16.6. The number of hydrogen-bond donors (Lipinski definition) is 0. The first-order valence-corrected chi connectivity index (χ1v) is 10.1. The van der Waals surface area contributed by atoms with Crippen molar-refractivity contribution in [1.82, 2.24) is 0 Å². The molecule has 0 N–H and O–H groups in total. The quantitative estimate of drug-likeness (QED) is 0.614. The van der Waals surface area contributed by atoms with Crippen molar-refractivity contribution < 1.29 is 33.2 Å². The van der Waals surface area contributed by atoms with E-state index in [-0.39, 0.29) is 18.0 Å². The van der Waals surface area contributed by atoms with Gasteiger partial charge in [-0.1, -0.05) is 0 Å². The van der Waals surface area contributed by atoms with Gasteiger partial charge in [0.25, 0.3) is 0 Å². The molecule has 0 amide bonds. The lowest BCUT2D eigenvalue weighted by atomic mass is 10.0. The van der Waals surface area contributed by atoms with Gasteiger partial charge < -0.3 is 28.4 Å². The Morgan fingerprint density at radius 1 is 0.767 bits per heavy atom. The lowest BCUT2D eigenvalue weighted by Gasteiger charge is -2.17. The van der Waals surface area contributed by atoms with Crippen molar-refractivity contribution in [2.24, 2.45) is 0 Å². The Kier molecular flexibility index (Phi) is 6.40. The molecule has 0 aromatic heterocycles. The molecule has 2 aliphatic rings. The van der Waals surface area contributed by atoms with E-state index in [0.717, 1.165) is 12.8 Å². The van der Waals surface area contributed by atoms with Crippen LogP contribution in [0.4, 0.5) is 0 Å². The summed E-state index contributed by atoms with van der Waals surface area (Å²) in [6, 6.07) is 10.4. The van der Waals surface area contributed by atoms with Crippen molar-refractivity contribution >= 4 is 5.78 Å². The average Bonchev–Trinajstić information content (AvgIpc) is 3.47. The molecule has 2 heterocycles. The molecule has 2 aliphatic heterocycles. The molecule has 0 aliphatic carbocycles. The highest BCUT2D eigenvalue weighted by molar-refractivity contribution is 6.09. The van der Waals surface area contributed by atoms with Crippen LogP contribution in [0, 0.1) is 0 Å². The molecule has 7 heteroatoms. The second-order valence-corrected chi connectivity index (χ2v) is 7.27. The van der Waals surface area contributed by atoms with E-state index in [9.17, 15) is 4.79 Å². The maximum atomic E-state index is 13.2. The lowest BCUT2D eigenvalue weighted by Crippen LogP contribution is -2.17. The first-order chi connectivity index (χ1) is 14.7. The largest absolute Gasteiger partial charge is 0.493 e. The molecule has 7 nitrogen and oxygen atoms in total. The molecule has 2 fully saturated rings.